The quantitative estimate of drug-likeness (QED) is 0.673. The van der Waals surface area contributed by atoms with Gasteiger partial charge in [0.1, 0.15) is 12.4 Å². The van der Waals surface area contributed by atoms with E-state index in [1.165, 1.54) is 18.0 Å². The van der Waals surface area contributed by atoms with Crippen molar-refractivity contribution in [3.05, 3.63) is 30.1 Å². The molecule has 0 unspecified atom stereocenters. The van der Waals surface area contributed by atoms with E-state index in [4.69, 9.17) is 0 Å². The minimum atomic E-state index is -0.494. The maximum atomic E-state index is 11.1. The summed E-state index contributed by atoms with van der Waals surface area (Å²) in [6.45, 7) is 0.466. The lowest BCUT2D eigenvalue weighted by Crippen LogP contribution is -2.06. The third-order valence-corrected chi connectivity index (χ3v) is 2.16. The summed E-state index contributed by atoms with van der Waals surface area (Å²) in [6.07, 6.45) is 5.07. The van der Waals surface area contributed by atoms with Gasteiger partial charge < -0.3 is 9.30 Å². The Morgan fingerprint density at radius 2 is 2.38 bits per heavy atom. The maximum Gasteiger partial charge on any atom is 0.360 e. The summed E-state index contributed by atoms with van der Waals surface area (Å²) in [5.41, 5.74) is 0.191. The Balaban J connectivity index is 2.14. The van der Waals surface area contributed by atoms with Gasteiger partial charge in [-0.25, -0.2) is 14.5 Å². The minimum absolute atomic E-state index is 0.191. The zero-order valence-electron chi connectivity index (χ0n) is 8.99. The molecule has 7 heteroatoms. The predicted molar refractivity (Wildman–Crippen MR) is 53.7 cm³/mol. The number of ether oxygens (including phenoxy) is 1. The lowest BCUT2D eigenvalue weighted by Gasteiger charge is -1.99. The van der Waals surface area contributed by atoms with Gasteiger partial charge in [0.25, 0.3) is 0 Å². The number of carbonyl (C=O) groups is 1. The molecular formula is C9H11N5O2. The van der Waals surface area contributed by atoms with Crippen molar-refractivity contribution in [1.29, 1.82) is 0 Å². The molecular weight excluding hydrogens is 210 g/mol. The number of aryl methyl sites for hydroxylation is 1. The number of rotatable bonds is 3. The van der Waals surface area contributed by atoms with Crippen LogP contribution in [0.2, 0.25) is 0 Å². The molecule has 0 atom stereocenters. The fourth-order valence-corrected chi connectivity index (χ4v) is 1.27. The van der Waals surface area contributed by atoms with Crippen LogP contribution >= 0.6 is 0 Å². The van der Waals surface area contributed by atoms with E-state index < -0.39 is 5.97 Å². The average molecular weight is 221 g/mol. The highest BCUT2D eigenvalue weighted by Gasteiger charge is 2.11. The molecule has 0 N–H and O–H groups in total. The van der Waals surface area contributed by atoms with Gasteiger partial charge >= 0.3 is 5.97 Å². The SMILES string of the molecule is COC(=O)c1cn(Cc2nccn2C)nn1. The van der Waals surface area contributed by atoms with Crippen LogP contribution in [0.3, 0.4) is 0 Å². The van der Waals surface area contributed by atoms with Crippen LogP contribution < -0.4 is 0 Å². The number of carbonyl (C=O) groups excluding carboxylic acids is 1. The number of hydrogen-bond donors (Lipinski definition) is 0. The summed E-state index contributed by atoms with van der Waals surface area (Å²) in [5.74, 6) is 0.340. The van der Waals surface area contributed by atoms with Crippen LogP contribution in [0.1, 0.15) is 16.3 Å². The monoisotopic (exact) mass is 221 g/mol. The lowest BCUT2D eigenvalue weighted by atomic mass is 10.5. The normalized spacial score (nSPS) is 10.4. The second-order valence-corrected chi connectivity index (χ2v) is 3.25. The van der Waals surface area contributed by atoms with Crippen molar-refractivity contribution >= 4 is 5.97 Å². The molecule has 0 radical (unpaired) electrons. The average Bonchev–Trinajstić information content (AvgIpc) is 2.89. The van der Waals surface area contributed by atoms with E-state index in [0.717, 1.165) is 5.82 Å². The molecule has 2 rings (SSSR count). The molecule has 0 aliphatic rings. The molecule has 0 aromatic carbocycles. The Hall–Kier alpha value is -2.18. The third kappa shape index (κ3) is 1.92. The number of hydrogen-bond acceptors (Lipinski definition) is 5. The molecule has 0 bridgehead atoms. The van der Waals surface area contributed by atoms with Crippen LogP contribution in [0.25, 0.3) is 0 Å². The van der Waals surface area contributed by atoms with Crippen molar-refractivity contribution in [3.8, 4) is 0 Å². The second-order valence-electron chi connectivity index (χ2n) is 3.25. The topological polar surface area (TPSA) is 74.8 Å². The first-order chi connectivity index (χ1) is 7.70. The van der Waals surface area contributed by atoms with E-state index in [1.54, 1.807) is 6.20 Å². The Kier molecular flexibility index (Phi) is 2.67. The summed E-state index contributed by atoms with van der Waals surface area (Å²) in [6, 6.07) is 0. The molecule has 0 aliphatic carbocycles. The summed E-state index contributed by atoms with van der Waals surface area (Å²) in [5, 5.41) is 7.51. The first-order valence-corrected chi connectivity index (χ1v) is 4.65. The zero-order chi connectivity index (χ0) is 11.5. The van der Waals surface area contributed by atoms with E-state index in [-0.39, 0.29) is 5.69 Å². The van der Waals surface area contributed by atoms with Crippen LogP contribution in [0.15, 0.2) is 18.6 Å². The van der Waals surface area contributed by atoms with Gasteiger partial charge in [0.05, 0.1) is 13.3 Å². The molecule has 0 aliphatic heterocycles. The Morgan fingerprint density at radius 1 is 1.56 bits per heavy atom. The highest BCUT2D eigenvalue weighted by Crippen LogP contribution is 2.00. The molecule has 84 valence electrons. The van der Waals surface area contributed by atoms with Crippen molar-refractivity contribution in [1.82, 2.24) is 24.5 Å². The van der Waals surface area contributed by atoms with Gasteiger partial charge in [0, 0.05) is 19.4 Å². The number of esters is 1. The Bertz CT molecular complexity index is 501. The first kappa shape index (κ1) is 10.3. The Morgan fingerprint density at radius 3 is 3.00 bits per heavy atom. The summed E-state index contributed by atoms with van der Waals surface area (Å²) in [7, 11) is 3.20. The van der Waals surface area contributed by atoms with Crippen molar-refractivity contribution in [2.75, 3.05) is 7.11 Å². The standard InChI is InChI=1S/C9H11N5O2/c1-13-4-3-10-8(13)6-14-5-7(11-12-14)9(15)16-2/h3-5H,6H2,1-2H3. The smallest absolute Gasteiger partial charge is 0.360 e. The lowest BCUT2D eigenvalue weighted by molar-refractivity contribution is 0.0594. The van der Waals surface area contributed by atoms with Gasteiger partial charge in [-0.2, -0.15) is 0 Å². The molecule has 0 amide bonds. The van der Waals surface area contributed by atoms with E-state index >= 15 is 0 Å². The van der Waals surface area contributed by atoms with Crippen molar-refractivity contribution in [3.63, 3.8) is 0 Å². The number of imidazole rings is 1. The zero-order valence-corrected chi connectivity index (χ0v) is 8.99. The van der Waals surface area contributed by atoms with Crippen molar-refractivity contribution < 1.29 is 9.53 Å². The van der Waals surface area contributed by atoms with Crippen molar-refractivity contribution in [2.45, 2.75) is 6.54 Å². The van der Waals surface area contributed by atoms with Crippen LogP contribution in [-0.4, -0.2) is 37.6 Å². The molecule has 2 aromatic heterocycles. The fraction of sp³-hybridized carbons (Fsp3) is 0.333. The van der Waals surface area contributed by atoms with Gasteiger partial charge in [-0.3, -0.25) is 0 Å². The molecule has 0 fully saturated rings. The number of aromatic nitrogens is 5. The van der Waals surface area contributed by atoms with Crippen LogP contribution in [0.4, 0.5) is 0 Å². The molecule has 2 heterocycles. The molecule has 0 saturated heterocycles. The summed E-state index contributed by atoms with van der Waals surface area (Å²) in [4.78, 5) is 15.3. The van der Waals surface area contributed by atoms with Gasteiger partial charge in [0.15, 0.2) is 5.69 Å². The largest absolute Gasteiger partial charge is 0.464 e. The van der Waals surface area contributed by atoms with Crippen LogP contribution in [0, 0.1) is 0 Å². The summed E-state index contributed by atoms with van der Waals surface area (Å²) >= 11 is 0. The minimum Gasteiger partial charge on any atom is -0.464 e. The van der Waals surface area contributed by atoms with E-state index in [1.807, 2.05) is 17.8 Å². The molecule has 2 aromatic rings. The number of nitrogens with zero attached hydrogens (tertiary/aromatic N) is 5. The Labute approximate surface area is 91.7 Å². The van der Waals surface area contributed by atoms with Gasteiger partial charge in [-0.15, -0.1) is 5.10 Å². The highest BCUT2D eigenvalue weighted by atomic mass is 16.5. The molecule has 0 saturated carbocycles. The van der Waals surface area contributed by atoms with E-state index in [9.17, 15) is 4.79 Å². The summed E-state index contributed by atoms with van der Waals surface area (Å²) < 4.78 is 7.94. The molecule has 0 spiro atoms. The maximum absolute atomic E-state index is 11.1. The van der Waals surface area contributed by atoms with Crippen LogP contribution in [0.5, 0.6) is 0 Å². The molecule has 16 heavy (non-hydrogen) atoms. The van der Waals surface area contributed by atoms with Gasteiger partial charge in [-0.05, 0) is 0 Å². The fourth-order valence-electron chi connectivity index (χ4n) is 1.27. The van der Waals surface area contributed by atoms with Gasteiger partial charge in [0.2, 0.25) is 0 Å². The van der Waals surface area contributed by atoms with Crippen LogP contribution in [-0.2, 0) is 18.3 Å². The number of methoxy groups -OCH3 is 1. The van der Waals surface area contributed by atoms with Gasteiger partial charge in [-0.1, -0.05) is 5.21 Å². The van der Waals surface area contributed by atoms with Crippen molar-refractivity contribution in [2.24, 2.45) is 7.05 Å². The first-order valence-electron chi connectivity index (χ1n) is 4.65. The highest BCUT2D eigenvalue weighted by molar-refractivity contribution is 5.86. The third-order valence-electron chi connectivity index (χ3n) is 2.16. The second kappa shape index (κ2) is 4.13. The molecule has 7 nitrogen and oxygen atoms in total. The predicted octanol–water partition coefficient (Wildman–Crippen LogP) is -0.154. The van der Waals surface area contributed by atoms with E-state index in [2.05, 4.69) is 20.0 Å². The van der Waals surface area contributed by atoms with E-state index in [0.29, 0.717) is 6.54 Å².